The monoisotopic (exact) mass is 377 g/mol. The molecule has 1 saturated heterocycles. The first-order valence-corrected chi connectivity index (χ1v) is 9.86. The highest BCUT2D eigenvalue weighted by Gasteiger charge is 2.29. The Balaban J connectivity index is 1.64. The Morgan fingerprint density at radius 1 is 1.14 bits per heavy atom. The lowest BCUT2D eigenvalue weighted by Crippen LogP contribution is -2.26. The highest BCUT2D eigenvalue weighted by molar-refractivity contribution is 6.04. The number of nitrogens with two attached hydrogens (primary N) is 1. The van der Waals surface area contributed by atoms with Crippen molar-refractivity contribution in [2.45, 2.75) is 38.1 Å². The number of amides is 1. The molecule has 0 saturated carbocycles. The Kier molecular flexibility index (Phi) is 4.11. The van der Waals surface area contributed by atoms with E-state index >= 15 is 0 Å². The zero-order chi connectivity index (χ0) is 19.1. The van der Waals surface area contributed by atoms with E-state index in [1.807, 2.05) is 12.3 Å². The van der Waals surface area contributed by atoms with Crippen molar-refractivity contribution in [3.05, 3.63) is 47.4 Å². The van der Waals surface area contributed by atoms with Gasteiger partial charge < -0.3 is 16.0 Å². The standard InChI is InChI=1S/C20H23N7O/c21-18-17-19-24-16(9-12-27(19)25-18)26-11-4-8-15(26)14-7-3-6-13(23-14)5-1-2-10-22-20(17)28/h3,6-7,9,12,15H,1-2,4-5,8,10-11H2,(H2,21,25)(H,22,28). The smallest absolute Gasteiger partial charge is 0.258 e. The van der Waals surface area contributed by atoms with Crippen LogP contribution in [0.5, 0.6) is 0 Å². The average molecular weight is 377 g/mol. The lowest BCUT2D eigenvalue weighted by Gasteiger charge is -2.25. The summed E-state index contributed by atoms with van der Waals surface area (Å²) >= 11 is 0. The van der Waals surface area contributed by atoms with Crippen LogP contribution in [0.4, 0.5) is 11.6 Å². The Morgan fingerprint density at radius 2 is 2.07 bits per heavy atom. The van der Waals surface area contributed by atoms with E-state index in [1.54, 1.807) is 4.52 Å². The molecular formula is C20H23N7O. The molecule has 1 atom stereocenters. The number of nitrogens with zero attached hydrogens (tertiary/aromatic N) is 5. The molecule has 0 aromatic carbocycles. The van der Waals surface area contributed by atoms with Gasteiger partial charge in [-0.25, -0.2) is 9.50 Å². The zero-order valence-corrected chi connectivity index (χ0v) is 15.6. The van der Waals surface area contributed by atoms with Crippen LogP contribution in [0, 0.1) is 0 Å². The molecule has 8 nitrogen and oxygen atoms in total. The van der Waals surface area contributed by atoms with Gasteiger partial charge in [-0.15, -0.1) is 5.10 Å². The number of nitrogen functional groups attached to an aromatic ring is 1. The van der Waals surface area contributed by atoms with Crippen LogP contribution < -0.4 is 16.0 Å². The van der Waals surface area contributed by atoms with Gasteiger partial charge in [0.25, 0.3) is 5.91 Å². The van der Waals surface area contributed by atoms with Crippen molar-refractivity contribution in [3.8, 4) is 0 Å². The van der Waals surface area contributed by atoms with Gasteiger partial charge in [0, 0.05) is 25.0 Å². The molecule has 5 heterocycles. The Bertz CT molecular complexity index is 1040. The van der Waals surface area contributed by atoms with Gasteiger partial charge in [-0.05, 0) is 50.3 Å². The second kappa shape index (κ2) is 6.78. The van der Waals surface area contributed by atoms with Crippen molar-refractivity contribution in [1.29, 1.82) is 0 Å². The molecular weight excluding hydrogens is 354 g/mol. The highest BCUT2D eigenvalue weighted by atomic mass is 16.1. The number of carbonyl (C=O) groups excluding carboxylic acids is 1. The zero-order valence-electron chi connectivity index (χ0n) is 15.6. The number of rotatable bonds is 0. The van der Waals surface area contributed by atoms with Crippen LogP contribution in [0.15, 0.2) is 30.5 Å². The van der Waals surface area contributed by atoms with Crippen molar-refractivity contribution in [2.24, 2.45) is 0 Å². The highest BCUT2D eigenvalue weighted by Crippen LogP contribution is 2.35. The summed E-state index contributed by atoms with van der Waals surface area (Å²) < 4.78 is 1.58. The maximum atomic E-state index is 12.7. The van der Waals surface area contributed by atoms with E-state index in [1.165, 1.54) is 0 Å². The van der Waals surface area contributed by atoms with Gasteiger partial charge in [-0.2, -0.15) is 0 Å². The van der Waals surface area contributed by atoms with Crippen LogP contribution in [-0.2, 0) is 6.42 Å². The fourth-order valence-electron chi connectivity index (χ4n) is 4.21. The summed E-state index contributed by atoms with van der Waals surface area (Å²) in [6.07, 6.45) is 6.70. The number of hydrogen-bond acceptors (Lipinski definition) is 6. The van der Waals surface area contributed by atoms with E-state index in [-0.39, 0.29) is 17.8 Å². The maximum Gasteiger partial charge on any atom is 0.258 e. The topological polar surface area (TPSA) is 101 Å². The summed E-state index contributed by atoms with van der Waals surface area (Å²) in [5.74, 6) is 0.812. The molecule has 2 aliphatic rings. The van der Waals surface area contributed by atoms with Crippen molar-refractivity contribution < 1.29 is 4.79 Å². The normalized spacial score (nSPS) is 19.9. The van der Waals surface area contributed by atoms with Crippen LogP contribution >= 0.6 is 0 Å². The first-order chi connectivity index (χ1) is 13.7. The van der Waals surface area contributed by atoms with Crippen molar-refractivity contribution in [1.82, 2.24) is 24.9 Å². The third-order valence-electron chi connectivity index (χ3n) is 5.59. The molecule has 4 bridgehead atoms. The quantitative estimate of drug-likeness (QED) is 0.622. The third-order valence-corrected chi connectivity index (χ3v) is 5.59. The summed E-state index contributed by atoms with van der Waals surface area (Å²) in [5.41, 5.74) is 9.09. The molecule has 5 rings (SSSR count). The van der Waals surface area contributed by atoms with Gasteiger partial charge in [-0.1, -0.05) is 6.07 Å². The molecule has 1 fully saturated rings. The molecule has 0 radical (unpaired) electrons. The van der Waals surface area contributed by atoms with Crippen molar-refractivity contribution in [3.63, 3.8) is 0 Å². The van der Waals surface area contributed by atoms with E-state index < -0.39 is 0 Å². The molecule has 3 aromatic rings. The summed E-state index contributed by atoms with van der Waals surface area (Å²) in [5, 5.41) is 7.21. The molecule has 1 amide bonds. The number of nitrogens with one attached hydrogen (secondary N) is 1. The lowest BCUT2D eigenvalue weighted by atomic mass is 10.1. The van der Waals surface area contributed by atoms with E-state index in [9.17, 15) is 4.79 Å². The summed E-state index contributed by atoms with van der Waals surface area (Å²) in [7, 11) is 0. The number of anilines is 2. The number of aromatic nitrogens is 4. The van der Waals surface area contributed by atoms with E-state index in [2.05, 4.69) is 33.5 Å². The fraction of sp³-hybridized carbons (Fsp3) is 0.400. The summed E-state index contributed by atoms with van der Waals surface area (Å²) in [6, 6.07) is 8.42. The van der Waals surface area contributed by atoms with Crippen LogP contribution in [0.1, 0.15) is 53.5 Å². The average Bonchev–Trinajstić information content (AvgIpc) is 3.30. The fourth-order valence-corrected chi connectivity index (χ4v) is 4.21. The maximum absolute atomic E-state index is 12.7. The van der Waals surface area contributed by atoms with Crippen LogP contribution in [0.25, 0.3) is 5.65 Å². The van der Waals surface area contributed by atoms with E-state index in [4.69, 9.17) is 15.7 Å². The molecule has 28 heavy (non-hydrogen) atoms. The number of carbonyl (C=O) groups is 1. The van der Waals surface area contributed by atoms with Crippen LogP contribution in [0.3, 0.4) is 0 Å². The molecule has 1 unspecified atom stereocenters. The van der Waals surface area contributed by atoms with Crippen molar-refractivity contribution in [2.75, 3.05) is 23.7 Å². The van der Waals surface area contributed by atoms with Crippen molar-refractivity contribution >= 4 is 23.2 Å². The van der Waals surface area contributed by atoms with Gasteiger partial charge in [0.1, 0.15) is 11.4 Å². The first kappa shape index (κ1) is 17.0. The number of aryl methyl sites for hydroxylation is 1. The Labute approximate surface area is 162 Å². The van der Waals surface area contributed by atoms with Gasteiger partial charge in [0.05, 0.1) is 11.7 Å². The molecule has 2 aliphatic heterocycles. The third kappa shape index (κ3) is 2.85. The second-order valence-electron chi connectivity index (χ2n) is 7.43. The van der Waals surface area contributed by atoms with Gasteiger partial charge in [0.2, 0.25) is 0 Å². The minimum atomic E-state index is -0.219. The number of hydrogen-bond donors (Lipinski definition) is 2. The largest absolute Gasteiger partial charge is 0.381 e. The van der Waals surface area contributed by atoms with Gasteiger partial charge in [-0.3, -0.25) is 9.78 Å². The number of pyridine rings is 1. The van der Waals surface area contributed by atoms with Gasteiger partial charge >= 0.3 is 0 Å². The molecule has 3 aromatic heterocycles. The van der Waals surface area contributed by atoms with Gasteiger partial charge in [0.15, 0.2) is 11.5 Å². The molecule has 0 aliphatic carbocycles. The lowest BCUT2D eigenvalue weighted by molar-refractivity contribution is 0.0955. The SMILES string of the molecule is Nc1nn2ccc3nc2c1C(=O)NCCCCc1cccc(n1)C1CCCN31. The summed E-state index contributed by atoms with van der Waals surface area (Å²) in [6.45, 7) is 1.49. The second-order valence-corrected chi connectivity index (χ2v) is 7.43. The molecule has 8 heteroatoms. The van der Waals surface area contributed by atoms with E-state index in [0.717, 1.165) is 55.9 Å². The summed E-state index contributed by atoms with van der Waals surface area (Å²) in [4.78, 5) is 24.7. The van der Waals surface area contributed by atoms with E-state index in [0.29, 0.717) is 17.8 Å². The van der Waals surface area contributed by atoms with Crippen LogP contribution in [0.2, 0.25) is 0 Å². The molecule has 144 valence electrons. The Morgan fingerprint density at radius 3 is 3.00 bits per heavy atom. The Hall–Kier alpha value is -3.16. The predicted octanol–water partition coefficient (Wildman–Crippen LogP) is 2.11. The first-order valence-electron chi connectivity index (χ1n) is 9.86. The van der Waals surface area contributed by atoms with Crippen LogP contribution in [-0.4, -0.2) is 38.6 Å². The predicted molar refractivity (Wildman–Crippen MR) is 106 cm³/mol. The number of fused-ring (bicyclic) bond motifs is 6. The minimum Gasteiger partial charge on any atom is -0.381 e. The molecule has 3 N–H and O–H groups in total. The molecule has 0 spiro atoms. The minimum absolute atomic E-state index is 0.192.